The Morgan fingerprint density at radius 1 is 1.40 bits per heavy atom. The highest BCUT2D eigenvalue weighted by atomic mass is 16.3. The Labute approximate surface area is 58.5 Å². The van der Waals surface area contributed by atoms with Gasteiger partial charge in [-0.25, -0.2) is 0 Å². The Morgan fingerprint density at radius 3 is 2.20 bits per heavy atom. The molecule has 1 aliphatic heterocycles. The fourth-order valence-electron chi connectivity index (χ4n) is 1.04. The summed E-state index contributed by atoms with van der Waals surface area (Å²) in [6.07, 6.45) is -1.77. The van der Waals surface area contributed by atoms with Crippen LogP contribution in [-0.4, -0.2) is 46.3 Å². The van der Waals surface area contributed by atoms with Crippen molar-refractivity contribution in [2.45, 2.75) is 24.4 Å². The van der Waals surface area contributed by atoms with Crippen LogP contribution in [0.3, 0.4) is 0 Å². The van der Waals surface area contributed by atoms with E-state index in [-0.39, 0.29) is 6.61 Å². The SMILES string of the molecule is N[C@@H]1[C@@H](O)[C@H](CO)N[C@@H]1O. The van der Waals surface area contributed by atoms with Crippen LogP contribution in [0.5, 0.6) is 0 Å². The topological polar surface area (TPSA) is 98.7 Å². The third-order valence-corrected chi connectivity index (χ3v) is 1.75. The van der Waals surface area contributed by atoms with Crippen molar-refractivity contribution in [1.82, 2.24) is 5.32 Å². The Bertz CT molecular complexity index is 121. The molecule has 1 saturated heterocycles. The van der Waals surface area contributed by atoms with Gasteiger partial charge in [-0.2, -0.15) is 0 Å². The highest BCUT2D eigenvalue weighted by Gasteiger charge is 2.37. The van der Waals surface area contributed by atoms with Gasteiger partial charge in [0.25, 0.3) is 0 Å². The fraction of sp³-hybridized carbons (Fsp3) is 1.00. The lowest BCUT2D eigenvalue weighted by molar-refractivity contribution is 0.0960. The summed E-state index contributed by atoms with van der Waals surface area (Å²) in [6.45, 7) is -0.216. The third kappa shape index (κ3) is 1.14. The summed E-state index contributed by atoms with van der Waals surface area (Å²) in [5, 5.41) is 29.2. The molecule has 6 N–H and O–H groups in total. The summed E-state index contributed by atoms with van der Waals surface area (Å²) in [5.41, 5.74) is 5.31. The van der Waals surface area contributed by atoms with Crippen molar-refractivity contribution in [3.63, 3.8) is 0 Å². The van der Waals surface area contributed by atoms with Crippen molar-refractivity contribution in [3.8, 4) is 0 Å². The zero-order valence-electron chi connectivity index (χ0n) is 5.44. The first-order valence-electron chi connectivity index (χ1n) is 3.15. The van der Waals surface area contributed by atoms with Gasteiger partial charge in [0.2, 0.25) is 0 Å². The van der Waals surface area contributed by atoms with Gasteiger partial charge >= 0.3 is 0 Å². The number of hydrogen-bond donors (Lipinski definition) is 5. The molecule has 0 aromatic rings. The van der Waals surface area contributed by atoms with Crippen LogP contribution in [-0.2, 0) is 0 Å². The number of rotatable bonds is 1. The second kappa shape index (κ2) is 2.81. The average Bonchev–Trinajstić information content (AvgIpc) is 2.17. The van der Waals surface area contributed by atoms with Crippen molar-refractivity contribution in [2.24, 2.45) is 5.73 Å². The predicted octanol–water partition coefficient (Wildman–Crippen LogP) is -3.04. The van der Waals surface area contributed by atoms with E-state index in [0.717, 1.165) is 0 Å². The first-order chi connectivity index (χ1) is 4.66. The second-order valence-electron chi connectivity index (χ2n) is 2.47. The van der Waals surface area contributed by atoms with Gasteiger partial charge in [-0.3, -0.25) is 5.32 Å². The maximum absolute atomic E-state index is 9.12. The lowest BCUT2D eigenvalue weighted by Crippen LogP contribution is -2.41. The van der Waals surface area contributed by atoms with Crippen LogP contribution in [0, 0.1) is 0 Å². The average molecular weight is 148 g/mol. The van der Waals surface area contributed by atoms with Gasteiger partial charge in [0.1, 0.15) is 6.23 Å². The van der Waals surface area contributed by atoms with Crippen LogP contribution in [0.15, 0.2) is 0 Å². The summed E-state index contributed by atoms with van der Waals surface area (Å²) in [5.74, 6) is 0. The monoisotopic (exact) mass is 148 g/mol. The minimum absolute atomic E-state index is 0.216. The second-order valence-corrected chi connectivity index (χ2v) is 2.47. The molecule has 0 saturated carbocycles. The molecule has 0 unspecified atom stereocenters. The molecule has 10 heavy (non-hydrogen) atoms. The Hall–Kier alpha value is -0.200. The normalized spacial score (nSPS) is 48.0. The molecule has 1 fully saturated rings. The smallest absolute Gasteiger partial charge is 0.123 e. The number of aliphatic hydroxyl groups is 3. The minimum Gasteiger partial charge on any atom is -0.395 e. The maximum atomic E-state index is 9.12. The third-order valence-electron chi connectivity index (χ3n) is 1.75. The van der Waals surface area contributed by atoms with E-state index in [9.17, 15) is 0 Å². The van der Waals surface area contributed by atoms with E-state index in [0.29, 0.717) is 0 Å². The van der Waals surface area contributed by atoms with Gasteiger partial charge in [-0.05, 0) is 0 Å². The molecular formula is C5H12N2O3. The fourth-order valence-corrected chi connectivity index (χ4v) is 1.04. The van der Waals surface area contributed by atoms with E-state index in [1.807, 2.05) is 0 Å². The molecule has 4 atom stereocenters. The molecule has 0 amide bonds. The molecule has 5 nitrogen and oxygen atoms in total. The molecular weight excluding hydrogens is 136 g/mol. The lowest BCUT2D eigenvalue weighted by Gasteiger charge is -2.12. The van der Waals surface area contributed by atoms with E-state index >= 15 is 0 Å². The molecule has 5 heteroatoms. The molecule has 1 heterocycles. The molecule has 1 aliphatic rings. The van der Waals surface area contributed by atoms with Crippen LogP contribution in [0.1, 0.15) is 0 Å². The zero-order chi connectivity index (χ0) is 7.72. The first kappa shape index (κ1) is 7.90. The number of nitrogens with one attached hydrogen (secondary N) is 1. The molecule has 60 valence electrons. The summed E-state index contributed by atoms with van der Waals surface area (Å²) in [4.78, 5) is 0. The van der Waals surface area contributed by atoms with Crippen LogP contribution >= 0.6 is 0 Å². The summed E-state index contributed by atoms with van der Waals surface area (Å²) in [6, 6.07) is -1.19. The number of hydrogen-bond acceptors (Lipinski definition) is 5. The van der Waals surface area contributed by atoms with Crippen LogP contribution in [0.4, 0.5) is 0 Å². The molecule has 1 rings (SSSR count). The largest absolute Gasteiger partial charge is 0.395 e. The first-order valence-corrected chi connectivity index (χ1v) is 3.15. The molecule has 0 bridgehead atoms. The summed E-state index contributed by atoms with van der Waals surface area (Å²) in [7, 11) is 0. The quantitative estimate of drug-likeness (QED) is 0.272. The van der Waals surface area contributed by atoms with Gasteiger partial charge in [0, 0.05) is 0 Å². The van der Waals surface area contributed by atoms with Gasteiger partial charge in [0.15, 0.2) is 0 Å². The molecule has 0 aromatic heterocycles. The van der Waals surface area contributed by atoms with Crippen LogP contribution in [0.25, 0.3) is 0 Å². The van der Waals surface area contributed by atoms with Gasteiger partial charge < -0.3 is 21.1 Å². The molecule has 0 aromatic carbocycles. The van der Waals surface area contributed by atoms with Crippen LogP contribution in [0.2, 0.25) is 0 Å². The summed E-state index contributed by atoms with van der Waals surface area (Å²) >= 11 is 0. The van der Waals surface area contributed by atoms with E-state index in [4.69, 9.17) is 21.1 Å². The molecule has 0 radical (unpaired) electrons. The number of nitrogens with two attached hydrogens (primary N) is 1. The molecule has 0 aliphatic carbocycles. The summed E-state index contributed by atoms with van der Waals surface area (Å²) < 4.78 is 0. The van der Waals surface area contributed by atoms with Gasteiger partial charge in [-0.15, -0.1) is 0 Å². The van der Waals surface area contributed by atoms with Crippen molar-refractivity contribution in [1.29, 1.82) is 0 Å². The van der Waals surface area contributed by atoms with Crippen molar-refractivity contribution < 1.29 is 15.3 Å². The number of aliphatic hydroxyl groups excluding tert-OH is 3. The van der Waals surface area contributed by atoms with Crippen molar-refractivity contribution in [2.75, 3.05) is 6.61 Å². The Balaban J connectivity index is 2.53. The van der Waals surface area contributed by atoms with E-state index < -0.39 is 24.4 Å². The van der Waals surface area contributed by atoms with E-state index in [1.165, 1.54) is 0 Å². The standard InChI is InChI=1S/C5H12N2O3/c6-3-4(9)2(1-8)7-5(3)10/h2-5,7-10H,1,6H2/t2-,3+,4-,5+/m0/s1. The maximum Gasteiger partial charge on any atom is 0.123 e. The lowest BCUT2D eigenvalue weighted by atomic mass is 10.1. The predicted molar refractivity (Wildman–Crippen MR) is 34.0 cm³/mol. The van der Waals surface area contributed by atoms with Crippen molar-refractivity contribution >= 4 is 0 Å². The van der Waals surface area contributed by atoms with Crippen molar-refractivity contribution in [3.05, 3.63) is 0 Å². The zero-order valence-corrected chi connectivity index (χ0v) is 5.44. The Kier molecular flexibility index (Phi) is 2.22. The van der Waals surface area contributed by atoms with Crippen LogP contribution < -0.4 is 11.1 Å². The van der Waals surface area contributed by atoms with Gasteiger partial charge in [-0.1, -0.05) is 0 Å². The minimum atomic E-state index is -0.910. The highest BCUT2D eigenvalue weighted by Crippen LogP contribution is 2.09. The van der Waals surface area contributed by atoms with E-state index in [1.54, 1.807) is 0 Å². The molecule has 0 spiro atoms. The van der Waals surface area contributed by atoms with E-state index in [2.05, 4.69) is 5.32 Å². The Morgan fingerprint density at radius 2 is 2.00 bits per heavy atom. The van der Waals surface area contributed by atoms with Gasteiger partial charge in [0.05, 0.1) is 24.8 Å². The highest BCUT2D eigenvalue weighted by molar-refractivity contribution is 4.95.